The van der Waals surface area contributed by atoms with Crippen molar-refractivity contribution < 1.29 is 9.84 Å². The van der Waals surface area contributed by atoms with Crippen molar-refractivity contribution in [2.24, 2.45) is 5.73 Å². The molecule has 3 heteroatoms. The van der Waals surface area contributed by atoms with E-state index in [0.29, 0.717) is 6.42 Å². The molecule has 0 aliphatic rings. The normalized spacial score (nSPS) is 15.2. The molecule has 0 aliphatic heterocycles. The predicted octanol–water partition coefficient (Wildman–Crippen LogP) is 3.22. The highest BCUT2D eigenvalue weighted by Gasteiger charge is 2.22. The van der Waals surface area contributed by atoms with Crippen LogP contribution in [0, 0.1) is 0 Å². The lowest BCUT2D eigenvalue weighted by atomic mass is 9.99. The molecule has 0 spiro atoms. The summed E-state index contributed by atoms with van der Waals surface area (Å²) in [7, 11) is 0. The minimum absolute atomic E-state index is 0.0916. The topological polar surface area (TPSA) is 55.5 Å². The van der Waals surface area contributed by atoms with Gasteiger partial charge >= 0.3 is 0 Å². The fourth-order valence-electron chi connectivity index (χ4n) is 2.33. The van der Waals surface area contributed by atoms with Gasteiger partial charge in [-0.25, -0.2) is 0 Å². The summed E-state index contributed by atoms with van der Waals surface area (Å²) in [6.45, 7) is 3.90. The van der Waals surface area contributed by atoms with Crippen molar-refractivity contribution in [2.45, 2.75) is 32.0 Å². The summed E-state index contributed by atoms with van der Waals surface area (Å²) in [5.74, 6) is 0.801. The van der Waals surface area contributed by atoms with E-state index < -0.39 is 5.60 Å². The zero-order chi connectivity index (χ0) is 15.3. The minimum Gasteiger partial charge on any atom is -0.491 e. The Bertz CT molecular complexity index is 549. The molecule has 0 heterocycles. The molecule has 2 aromatic carbocycles. The summed E-state index contributed by atoms with van der Waals surface area (Å²) < 4.78 is 5.83. The van der Waals surface area contributed by atoms with Crippen LogP contribution in [0.1, 0.15) is 20.3 Å². The van der Waals surface area contributed by atoms with Crippen LogP contribution in [-0.4, -0.2) is 23.4 Å². The van der Waals surface area contributed by atoms with Crippen LogP contribution in [-0.2, 0) is 0 Å². The van der Waals surface area contributed by atoms with E-state index in [1.165, 1.54) is 5.56 Å². The highest BCUT2D eigenvalue weighted by Crippen LogP contribution is 2.23. The predicted molar refractivity (Wildman–Crippen MR) is 86.3 cm³/mol. The number of aliphatic hydroxyl groups is 1. The lowest BCUT2D eigenvalue weighted by molar-refractivity contribution is 0.0237. The van der Waals surface area contributed by atoms with Gasteiger partial charge in [-0.05, 0) is 37.1 Å². The molecule has 0 fully saturated rings. The van der Waals surface area contributed by atoms with Crippen molar-refractivity contribution in [1.29, 1.82) is 0 Å². The fourth-order valence-corrected chi connectivity index (χ4v) is 2.33. The van der Waals surface area contributed by atoms with Crippen LogP contribution in [0.4, 0.5) is 0 Å². The molecule has 0 amide bonds. The van der Waals surface area contributed by atoms with Crippen molar-refractivity contribution in [3.05, 3.63) is 54.6 Å². The first kappa shape index (κ1) is 15.5. The Balaban J connectivity index is 2.00. The maximum atomic E-state index is 9.96. The molecule has 0 aliphatic carbocycles. The van der Waals surface area contributed by atoms with Crippen LogP contribution >= 0.6 is 0 Å². The van der Waals surface area contributed by atoms with Gasteiger partial charge in [0, 0.05) is 13.0 Å². The third-order valence-corrected chi connectivity index (χ3v) is 3.47. The number of benzene rings is 2. The first-order valence-corrected chi connectivity index (χ1v) is 7.25. The smallest absolute Gasteiger partial charge is 0.119 e. The van der Waals surface area contributed by atoms with Gasteiger partial charge in [0.15, 0.2) is 0 Å². The van der Waals surface area contributed by atoms with Gasteiger partial charge in [-0.3, -0.25) is 0 Å². The monoisotopic (exact) mass is 285 g/mol. The highest BCUT2D eigenvalue weighted by molar-refractivity contribution is 5.63. The van der Waals surface area contributed by atoms with E-state index in [1.807, 2.05) is 49.4 Å². The molecule has 2 atom stereocenters. The average molecular weight is 285 g/mol. The zero-order valence-corrected chi connectivity index (χ0v) is 12.6. The second-order valence-corrected chi connectivity index (χ2v) is 5.72. The van der Waals surface area contributed by atoms with E-state index in [9.17, 15) is 5.11 Å². The van der Waals surface area contributed by atoms with E-state index in [1.54, 1.807) is 6.92 Å². The van der Waals surface area contributed by atoms with Crippen LogP contribution in [0.3, 0.4) is 0 Å². The van der Waals surface area contributed by atoms with E-state index in [2.05, 4.69) is 12.1 Å². The highest BCUT2D eigenvalue weighted by atomic mass is 16.5. The molecule has 3 nitrogen and oxygen atoms in total. The lowest BCUT2D eigenvalue weighted by Crippen LogP contribution is -2.38. The van der Waals surface area contributed by atoms with Gasteiger partial charge in [-0.2, -0.15) is 0 Å². The summed E-state index contributed by atoms with van der Waals surface area (Å²) in [6, 6.07) is 18.2. The molecular formula is C18H23NO2. The molecule has 3 N–H and O–H groups in total. The first-order valence-electron chi connectivity index (χ1n) is 7.25. The Morgan fingerprint density at radius 1 is 1.05 bits per heavy atom. The van der Waals surface area contributed by atoms with Crippen LogP contribution in [0.15, 0.2) is 54.6 Å². The summed E-state index contributed by atoms with van der Waals surface area (Å²) >= 11 is 0. The summed E-state index contributed by atoms with van der Waals surface area (Å²) in [5, 5.41) is 9.96. The van der Waals surface area contributed by atoms with Crippen LogP contribution in [0.25, 0.3) is 11.1 Å². The zero-order valence-electron chi connectivity index (χ0n) is 12.6. The Labute approximate surface area is 126 Å². The SMILES string of the molecule is CC(CC(C)(O)CN)Oc1ccc(-c2ccccc2)cc1. The Hall–Kier alpha value is -1.84. The van der Waals surface area contributed by atoms with Gasteiger partial charge < -0.3 is 15.6 Å². The summed E-state index contributed by atoms with van der Waals surface area (Å²) in [5.41, 5.74) is 6.98. The number of nitrogens with two attached hydrogens (primary N) is 1. The van der Waals surface area contributed by atoms with Gasteiger partial charge in [0.05, 0.1) is 11.7 Å². The van der Waals surface area contributed by atoms with Crippen LogP contribution in [0.5, 0.6) is 5.75 Å². The third-order valence-electron chi connectivity index (χ3n) is 3.47. The molecule has 0 saturated carbocycles. The molecule has 2 rings (SSSR count). The molecule has 112 valence electrons. The molecule has 2 aromatic rings. The van der Waals surface area contributed by atoms with Gasteiger partial charge in [-0.1, -0.05) is 42.5 Å². The molecular weight excluding hydrogens is 262 g/mol. The van der Waals surface area contributed by atoms with Gasteiger partial charge in [0.2, 0.25) is 0 Å². The van der Waals surface area contributed by atoms with E-state index in [-0.39, 0.29) is 12.6 Å². The molecule has 0 aromatic heterocycles. The Morgan fingerprint density at radius 3 is 2.19 bits per heavy atom. The fraction of sp³-hybridized carbons (Fsp3) is 0.333. The van der Waals surface area contributed by atoms with Gasteiger partial charge in [0.25, 0.3) is 0 Å². The molecule has 0 bridgehead atoms. The second kappa shape index (κ2) is 6.74. The first-order chi connectivity index (χ1) is 10.00. The maximum Gasteiger partial charge on any atom is 0.119 e. The third kappa shape index (κ3) is 4.59. The van der Waals surface area contributed by atoms with Crippen molar-refractivity contribution in [2.75, 3.05) is 6.54 Å². The van der Waals surface area contributed by atoms with Gasteiger partial charge in [-0.15, -0.1) is 0 Å². The van der Waals surface area contributed by atoms with E-state index in [0.717, 1.165) is 11.3 Å². The lowest BCUT2D eigenvalue weighted by Gasteiger charge is -2.25. The van der Waals surface area contributed by atoms with E-state index in [4.69, 9.17) is 10.5 Å². The largest absolute Gasteiger partial charge is 0.491 e. The molecule has 2 unspecified atom stereocenters. The van der Waals surface area contributed by atoms with E-state index >= 15 is 0 Å². The number of hydrogen-bond donors (Lipinski definition) is 2. The molecule has 0 saturated heterocycles. The standard InChI is InChI=1S/C18H23NO2/c1-14(12-18(2,20)13-19)21-17-10-8-16(9-11-17)15-6-4-3-5-7-15/h3-11,14,20H,12-13,19H2,1-2H3. The van der Waals surface area contributed by atoms with Crippen LogP contribution < -0.4 is 10.5 Å². The molecule has 0 radical (unpaired) electrons. The van der Waals surface area contributed by atoms with Crippen molar-refractivity contribution in [3.8, 4) is 16.9 Å². The van der Waals surface area contributed by atoms with Gasteiger partial charge in [0.1, 0.15) is 5.75 Å². The molecule has 21 heavy (non-hydrogen) atoms. The van der Waals surface area contributed by atoms with Crippen LogP contribution in [0.2, 0.25) is 0 Å². The quantitative estimate of drug-likeness (QED) is 0.857. The summed E-state index contributed by atoms with van der Waals surface area (Å²) in [4.78, 5) is 0. The van der Waals surface area contributed by atoms with Crippen molar-refractivity contribution >= 4 is 0 Å². The minimum atomic E-state index is -0.886. The summed E-state index contributed by atoms with van der Waals surface area (Å²) in [6.07, 6.45) is 0.412. The second-order valence-electron chi connectivity index (χ2n) is 5.72. The van der Waals surface area contributed by atoms with Crippen molar-refractivity contribution in [1.82, 2.24) is 0 Å². The number of hydrogen-bond acceptors (Lipinski definition) is 3. The number of rotatable bonds is 6. The Kier molecular flexibility index (Phi) is 4.99. The Morgan fingerprint density at radius 2 is 1.62 bits per heavy atom. The number of ether oxygens (including phenoxy) is 1. The average Bonchev–Trinajstić information content (AvgIpc) is 2.48. The van der Waals surface area contributed by atoms with Crippen molar-refractivity contribution in [3.63, 3.8) is 0 Å². The maximum absolute atomic E-state index is 9.96.